The summed E-state index contributed by atoms with van der Waals surface area (Å²) in [6, 6.07) is 4.59. The fraction of sp³-hybridized carbons (Fsp3) is 0.714. The Morgan fingerprint density at radius 1 is 1.12 bits per heavy atom. The van der Waals surface area contributed by atoms with E-state index in [2.05, 4.69) is 48.8 Å². The van der Waals surface area contributed by atoms with Crippen LogP contribution in [0.3, 0.4) is 0 Å². The maximum Gasteiger partial charge on any atom is 0.0517 e. The Hall–Kier alpha value is 0.180. The van der Waals surface area contributed by atoms with Gasteiger partial charge < -0.3 is 0 Å². The van der Waals surface area contributed by atoms with Crippen molar-refractivity contribution < 1.29 is 0 Å². The normalized spacial score (nSPS) is 13.3. The molecule has 1 aromatic rings. The third-order valence-corrected chi connectivity index (χ3v) is 5.89. The predicted octanol–water partition coefficient (Wildman–Crippen LogP) is 5.96. The third kappa shape index (κ3) is 3.89. The number of hydrogen-bond acceptors (Lipinski definition) is 1. The molecule has 0 spiro atoms. The Balaban J connectivity index is 2.68. The lowest BCUT2D eigenvalue weighted by Gasteiger charge is -2.20. The molecule has 0 N–H and O–H groups in total. The number of rotatable bonds is 7. The van der Waals surface area contributed by atoms with Crippen LogP contribution in [0.25, 0.3) is 0 Å². The van der Waals surface area contributed by atoms with E-state index in [1.807, 2.05) is 11.3 Å². The van der Waals surface area contributed by atoms with E-state index in [1.165, 1.54) is 35.4 Å². The van der Waals surface area contributed by atoms with Gasteiger partial charge in [0.2, 0.25) is 0 Å². The maximum absolute atomic E-state index is 3.91. The van der Waals surface area contributed by atoms with Gasteiger partial charge in [-0.3, -0.25) is 0 Å². The van der Waals surface area contributed by atoms with Crippen LogP contribution < -0.4 is 0 Å². The number of alkyl halides is 1. The molecule has 0 aliphatic rings. The standard InChI is InChI=1S/C14H23BrS/c1-4-7-11(8-5-2)14(15)13-10-9-12(6-3)16-13/h9-11,14H,4-8H2,1-3H3. The van der Waals surface area contributed by atoms with Gasteiger partial charge in [-0.15, -0.1) is 11.3 Å². The molecule has 0 radical (unpaired) electrons. The molecule has 92 valence electrons. The molecule has 16 heavy (non-hydrogen) atoms. The molecule has 0 bridgehead atoms. The molecular weight excluding hydrogens is 280 g/mol. The van der Waals surface area contributed by atoms with Gasteiger partial charge in [0.1, 0.15) is 0 Å². The zero-order valence-corrected chi connectivity index (χ0v) is 13.0. The van der Waals surface area contributed by atoms with E-state index in [-0.39, 0.29) is 0 Å². The summed E-state index contributed by atoms with van der Waals surface area (Å²) >= 11 is 5.88. The van der Waals surface area contributed by atoms with Crippen molar-refractivity contribution >= 4 is 27.3 Å². The zero-order valence-electron chi connectivity index (χ0n) is 10.6. The topological polar surface area (TPSA) is 0 Å². The SMILES string of the molecule is CCCC(CCC)C(Br)c1ccc(CC)s1. The predicted molar refractivity (Wildman–Crippen MR) is 78.7 cm³/mol. The van der Waals surface area contributed by atoms with Crippen LogP contribution in [0.15, 0.2) is 12.1 Å². The summed E-state index contributed by atoms with van der Waals surface area (Å²) < 4.78 is 0. The minimum atomic E-state index is 0.567. The Morgan fingerprint density at radius 3 is 2.19 bits per heavy atom. The van der Waals surface area contributed by atoms with Crippen LogP contribution in [0, 0.1) is 5.92 Å². The summed E-state index contributed by atoms with van der Waals surface area (Å²) in [5.41, 5.74) is 0. The van der Waals surface area contributed by atoms with E-state index < -0.39 is 0 Å². The van der Waals surface area contributed by atoms with Gasteiger partial charge in [0.15, 0.2) is 0 Å². The van der Waals surface area contributed by atoms with Crippen LogP contribution in [0.2, 0.25) is 0 Å². The largest absolute Gasteiger partial charge is 0.144 e. The maximum atomic E-state index is 3.91. The van der Waals surface area contributed by atoms with Gasteiger partial charge in [-0.1, -0.05) is 49.5 Å². The summed E-state index contributed by atoms with van der Waals surface area (Å²) in [5.74, 6) is 0.804. The van der Waals surface area contributed by atoms with Crippen LogP contribution in [0.5, 0.6) is 0 Å². The van der Waals surface area contributed by atoms with Crippen LogP contribution in [-0.4, -0.2) is 0 Å². The molecule has 0 fully saturated rings. The van der Waals surface area contributed by atoms with Gasteiger partial charge in [-0.2, -0.15) is 0 Å². The molecule has 1 atom stereocenters. The van der Waals surface area contributed by atoms with E-state index in [0.29, 0.717) is 4.83 Å². The highest BCUT2D eigenvalue weighted by Gasteiger charge is 2.20. The lowest BCUT2D eigenvalue weighted by molar-refractivity contribution is 0.438. The molecule has 2 heteroatoms. The van der Waals surface area contributed by atoms with Crippen molar-refractivity contribution in [3.63, 3.8) is 0 Å². The van der Waals surface area contributed by atoms with Crippen LogP contribution in [0.1, 0.15) is 61.0 Å². The molecular formula is C14H23BrS. The van der Waals surface area contributed by atoms with Crippen molar-refractivity contribution in [2.45, 2.75) is 57.7 Å². The number of thiophene rings is 1. The first-order valence-corrected chi connectivity index (χ1v) is 8.18. The molecule has 1 unspecified atom stereocenters. The second kappa shape index (κ2) is 7.50. The van der Waals surface area contributed by atoms with Gasteiger partial charge in [-0.05, 0) is 37.3 Å². The Kier molecular flexibility index (Phi) is 6.67. The first-order chi connectivity index (χ1) is 7.72. The van der Waals surface area contributed by atoms with Gasteiger partial charge in [0.25, 0.3) is 0 Å². The zero-order chi connectivity index (χ0) is 12.0. The van der Waals surface area contributed by atoms with Crippen molar-refractivity contribution in [1.29, 1.82) is 0 Å². The summed E-state index contributed by atoms with van der Waals surface area (Å²) in [6.07, 6.45) is 6.42. The van der Waals surface area contributed by atoms with Crippen molar-refractivity contribution in [3.05, 3.63) is 21.9 Å². The van der Waals surface area contributed by atoms with E-state index in [9.17, 15) is 0 Å². The third-order valence-electron chi connectivity index (χ3n) is 3.04. The van der Waals surface area contributed by atoms with E-state index in [1.54, 1.807) is 0 Å². The van der Waals surface area contributed by atoms with Crippen molar-refractivity contribution in [2.75, 3.05) is 0 Å². The Labute approximate surface area is 113 Å². The Bertz CT molecular complexity index is 287. The lowest BCUT2D eigenvalue weighted by Crippen LogP contribution is -2.06. The highest BCUT2D eigenvalue weighted by atomic mass is 79.9. The molecule has 1 aromatic heterocycles. The average Bonchev–Trinajstić information content (AvgIpc) is 2.76. The van der Waals surface area contributed by atoms with Crippen LogP contribution in [-0.2, 0) is 6.42 Å². The van der Waals surface area contributed by atoms with E-state index in [0.717, 1.165) is 12.3 Å². The monoisotopic (exact) mass is 302 g/mol. The first kappa shape index (κ1) is 14.2. The number of hydrogen-bond donors (Lipinski definition) is 0. The smallest absolute Gasteiger partial charge is 0.0517 e. The van der Waals surface area contributed by atoms with Gasteiger partial charge in [-0.25, -0.2) is 0 Å². The summed E-state index contributed by atoms with van der Waals surface area (Å²) in [5, 5.41) is 0. The molecule has 1 heterocycles. The van der Waals surface area contributed by atoms with Crippen LogP contribution in [0.4, 0.5) is 0 Å². The molecule has 0 nitrogen and oxygen atoms in total. The molecule has 0 saturated carbocycles. The summed E-state index contributed by atoms with van der Waals surface area (Å²) in [7, 11) is 0. The number of aryl methyl sites for hydroxylation is 1. The summed E-state index contributed by atoms with van der Waals surface area (Å²) in [4.78, 5) is 3.59. The molecule has 0 aliphatic heterocycles. The molecule has 0 aromatic carbocycles. The van der Waals surface area contributed by atoms with Crippen LogP contribution >= 0.6 is 27.3 Å². The molecule has 0 saturated heterocycles. The lowest BCUT2D eigenvalue weighted by atomic mass is 9.94. The van der Waals surface area contributed by atoms with Gasteiger partial charge >= 0.3 is 0 Å². The fourth-order valence-corrected chi connectivity index (χ4v) is 4.13. The van der Waals surface area contributed by atoms with E-state index >= 15 is 0 Å². The minimum absolute atomic E-state index is 0.567. The minimum Gasteiger partial charge on any atom is -0.144 e. The average molecular weight is 303 g/mol. The molecule has 1 rings (SSSR count). The molecule has 0 amide bonds. The van der Waals surface area contributed by atoms with E-state index in [4.69, 9.17) is 0 Å². The van der Waals surface area contributed by atoms with Gasteiger partial charge in [0, 0.05) is 9.75 Å². The second-order valence-corrected chi connectivity index (χ2v) is 6.58. The van der Waals surface area contributed by atoms with Crippen molar-refractivity contribution in [1.82, 2.24) is 0 Å². The fourth-order valence-electron chi connectivity index (χ4n) is 2.14. The van der Waals surface area contributed by atoms with Gasteiger partial charge in [0.05, 0.1) is 4.83 Å². The second-order valence-electron chi connectivity index (χ2n) is 4.40. The van der Waals surface area contributed by atoms with Crippen molar-refractivity contribution in [3.8, 4) is 0 Å². The molecule has 0 aliphatic carbocycles. The highest BCUT2D eigenvalue weighted by Crippen LogP contribution is 2.39. The quantitative estimate of drug-likeness (QED) is 0.545. The Morgan fingerprint density at radius 2 is 1.75 bits per heavy atom. The number of halogens is 1. The first-order valence-electron chi connectivity index (χ1n) is 6.45. The van der Waals surface area contributed by atoms with Crippen molar-refractivity contribution in [2.24, 2.45) is 5.92 Å². The highest BCUT2D eigenvalue weighted by molar-refractivity contribution is 9.09. The summed E-state index contributed by atoms with van der Waals surface area (Å²) in [6.45, 7) is 6.80.